The molecule has 0 heterocycles. The molecule has 0 unspecified atom stereocenters. The maximum atomic E-state index is 15.1. The molecule has 0 amide bonds. The molecule has 0 aliphatic heterocycles. The van der Waals surface area contributed by atoms with Crippen molar-refractivity contribution >= 4 is 5.78 Å². The van der Waals surface area contributed by atoms with E-state index in [9.17, 15) is 15.0 Å². The minimum absolute atomic E-state index is 0.0899. The van der Waals surface area contributed by atoms with Crippen molar-refractivity contribution in [1.29, 1.82) is 0 Å². The summed E-state index contributed by atoms with van der Waals surface area (Å²) in [5.74, 6) is -3.42. The summed E-state index contributed by atoms with van der Waals surface area (Å²) < 4.78 is 30.2. The Labute approximate surface area is 153 Å². The first-order chi connectivity index (χ1) is 12.1. The van der Waals surface area contributed by atoms with Gasteiger partial charge in [-0.3, -0.25) is 4.79 Å². The molecule has 5 heteroatoms. The van der Waals surface area contributed by atoms with Gasteiger partial charge in [-0.25, -0.2) is 8.78 Å². The van der Waals surface area contributed by atoms with Crippen LogP contribution in [0.1, 0.15) is 65.2 Å². The minimum Gasteiger partial charge on any atom is -0.388 e. The van der Waals surface area contributed by atoms with Gasteiger partial charge < -0.3 is 10.2 Å². The predicted octanol–water partition coefficient (Wildman–Crippen LogP) is 3.88. The lowest BCUT2D eigenvalue weighted by Gasteiger charge is -2.60. The Morgan fingerprint density at radius 1 is 1.19 bits per heavy atom. The number of allylic oxidation sites excluding steroid dienone is 2. The Bertz CT molecular complexity index is 660. The molecule has 0 bridgehead atoms. The van der Waals surface area contributed by atoms with Crippen molar-refractivity contribution in [3.8, 4) is 0 Å². The number of aliphatic hydroxyl groups is 2. The number of carbonyl (C=O) groups excluding carboxylic acids is 1. The number of hydrogen-bond donors (Lipinski definition) is 2. The molecule has 6 atom stereocenters. The van der Waals surface area contributed by atoms with Gasteiger partial charge in [-0.1, -0.05) is 19.9 Å². The molecule has 146 valence electrons. The number of halogens is 2. The fourth-order valence-electron chi connectivity index (χ4n) is 7.41. The quantitative estimate of drug-likeness (QED) is 0.728. The van der Waals surface area contributed by atoms with Crippen LogP contribution in [0.5, 0.6) is 0 Å². The topological polar surface area (TPSA) is 57.5 Å². The standard InChI is InChI=1S/C21H30F2O3/c1-18-8-4-3-5-16(18)21(22,23)11-13-14(18)6-9-19(2)15(13)7-10-20(19,26)17(25)12-24/h5,13-15,24,26H,3-4,6-12H2,1-2H3/t13-,14+,15+,18-,19+,20+/m1/s1. The monoisotopic (exact) mass is 368 g/mol. The van der Waals surface area contributed by atoms with E-state index in [2.05, 4.69) is 0 Å². The van der Waals surface area contributed by atoms with Crippen LogP contribution in [0.3, 0.4) is 0 Å². The van der Waals surface area contributed by atoms with E-state index in [4.69, 9.17) is 0 Å². The molecular formula is C21H30F2O3. The average molecular weight is 368 g/mol. The Kier molecular flexibility index (Phi) is 4.00. The van der Waals surface area contributed by atoms with E-state index in [1.165, 1.54) is 0 Å². The lowest BCUT2D eigenvalue weighted by Crippen LogP contribution is -2.60. The molecule has 0 spiro atoms. The van der Waals surface area contributed by atoms with Crippen LogP contribution in [0.4, 0.5) is 8.78 Å². The van der Waals surface area contributed by atoms with Crippen LogP contribution in [-0.2, 0) is 4.79 Å². The molecule has 3 fully saturated rings. The number of fused-ring (bicyclic) bond motifs is 5. The minimum atomic E-state index is -2.80. The number of carbonyl (C=O) groups is 1. The number of Topliss-reactive ketones (excluding diaryl/α,β-unsaturated/α-hetero) is 1. The summed E-state index contributed by atoms with van der Waals surface area (Å²) >= 11 is 0. The molecule has 4 aliphatic rings. The first kappa shape index (κ1) is 18.5. The van der Waals surface area contributed by atoms with Crippen molar-refractivity contribution in [2.45, 2.75) is 76.7 Å². The van der Waals surface area contributed by atoms with Crippen molar-refractivity contribution in [2.75, 3.05) is 6.61 Å². The maximum absolute atomic E-state index is 15.1. The van der Waals surface area contributed by atoms with Crippen LogP contribution < -0.4 is 0 Å². The van der Waals surface area contributed by atoms with Gasteiger partial charge >= 0.3 is 0 Å². The highest BCUT2D eigenvalue weighted by Gasteiger charge is 2.68. The van der Waals surface area contributed by atoms with E-state index in [-0.39, 0.29) is 30.6 Å². The molecule has 4 aliphatic carbocycles. The lowest BCUT2D eigenvalue weighted by atomic mass is 9.45. The summed E-state index contributed by atoms with van der Waals surface area (Å²) in [4.78, 5) is 12.3. The predicted molar refractivity (Wildman–Crippen MR) is 93.7 cm³/mol. The summed E-state index contributed by atoms with van der Waals surface area (Å²) in [6.45, 7) is 3.22. The van der Waals surface area contributed by atoms with E-state index >= 15 is 8.78 Å². The Balaban J connectivity index is 1.75. The van der Waals surface area contributed by atoms with E-state index in [0.717, 1.165) is 25.7 Å². The van der Waals surface area contributed by atoms with Crippen molar-refractivity contribution in [3.05, 3.63) is 11.6 Å². The third-order valence-electron chi connectivity index (χ3n) is 8.76. The zero-order chi connectivity index (χ0) is 19.0. The number of rotatable bonds is 2. The van der Waals surface area contributed by atoms with Crippen molar-refractivity contribution in [3.63, 3.8) is 0 Å². The second-order valence-electron chi connectivity index (χ2n) is 9.65. The molecule has 3 nitrogen and oxygen atoms in total. The van der Waals surface area contributed by atoms with E-state index in [1.54, 1.807) is 6.08 Å². The van der Waals surface area contributed by atoms with Crippen LogP contribution in [0, 0.1) is 28.6 Å². The highest BCUT2D eigenvalue weighted by Crippen LogP contribution is 2.69. The molecule has 3 saturated carbocycles. The maximum Gasteiger partial charge on any atom is 0.270 e. The normalized spacial score (nSPS) is 49.6. The summed E-state index contributed by atoms with van der Waals surface area (Å²) in [5.41, 5.74) is -2.40. The molecule has 0 saturated heterocycles. The van der Waals surface area contributed by atoms with Gasteiger partial charge in [-0.15, -0.1) is 0 Å². The van der Waals surface area contributed by atoms with Gasteiger partial charge in [0, 0.05) is 17.4 Å². The molecule has 0 aromatic carbocycles. The molecule has 0 aromatic rings. The van der Waals surface area contributed by atoms with Gasteiger partial charge in [0.15, 0.2) is 5.78 Å². The summed E-state index contributed by atoms with van der Waals surface area (Å²) in [6, 6.07) is 0. The van der Waals surface area contributed by atoms with Crippen LogP contribution in [0.2, 0.25) is 0 Å². The molecular weight excluding hydrogens is 338 g/mol. The zero-order valence-electron chi connectivity index (χ0n) is 15.7. The Morgan fingerprint density at radius 3 is 2.58 bits per heavy atom. The zero-order valence-corrected chi connectivity index (χ0v) is 15.7. The number of aliphatic hydroxyl groups excluding tert-OH is 1. The van der Waals surface area contributed by atoms with Crippen LogP contribution in [-0.4, -0.2) is 34.1 Å². The number of hydrogen-bond acceptors (Lipinski definition) is 3. The van der Waals surface area contributed by atoms with Crippen molar-refractivity contribution in [2.24, 2.45) is 28.6 Å². The second kappa shape index (κ2) is 5.60. The third-order valence-corrected chi connectivity index (χ3v) is 8.76. The summed E-state index contributed by atoms with van der Waals surface area (Å²) in [5, 5.41) is 20.5. The fourth-order valence-corrected chi connectivity index (χ4v) is 7.41. The van der Waals surface area contributed by atoms with Gasteiger partial charge in [0.1, 0.15) is 12.2 Å². The average Bonchev–Trinajstić information content (AvgIpc) is 2.86. The van der Waals surface area contributed by atoms with Crippen molar-refractivity contribution < 1.29 is 23.8 Å². The van der Waals surface area contributed by atoms with E-state index in [0.29, 0.717) is 18.4 Å². The smallest absolute Gasteiger partial charge is 0.270 e. The van der Waals surface area contributed by atoms with Gasteiger partial charge in [-0.2, -0.15) is 0 Å². The SMILES string of the molecule is C[C@]12CCCC=C1C(F)(F)C[C@@H]1[C@@H]2CC[C@@]2(C)[C@H]1CC[C@]2(O)C(=O)CO. The number of alkyl halides is 2. The fraction of sp³-hybridized carbons (Fsp3) is 0.857. The van der Waals surface area contributed by atoms with Gasteiger partial charge in [0.05, 0.1) is 0 Å². The Morgan fingerprint density at radius 2 is 1.88 bits per heavy atom. The third kappa shape index (κ3) is 2.13. The highest BCUT2D eigenvalue weighted by atomic mass is 19.3. The molecule has 4 rings (SSSR count). The number of ketones is 1. The first-order valence-electron chi connectivity index (χ1n) is 10.1. The van der Waals surface area contributed by atoms with E-state index in [1.807, 2.05) is 13.8 Å². The summed E-state index contributed by atoms with van der Waals surface area (Å²) in [6.07, 6.45) is 6.42. The highest BCUT2D eigenvalue weighted by molar-refractivity contribution is 5.89. The van der Waals surface area contributed by atoms with E-state index < -0.39 is 34.7 Å². The van der Waals surface area contributed by atoms with Gasteiger partial charge in [-0.05, 0) is 68.1 Å². The summed E-state index contributed by atoms with van der Waals surface area (Å²) in [7, 11) is 0. The molecule has 26 heavy (non-hydrogen) atoms. The molecule has 0 aromatic heterocycles. The largest absolute Gasteiger partial charge is 0.388 e. The first-order valence-corrected chi connectivity index (χ1v) is 10.1. The van der Waals surface area contributed by atoms with Crippen LogP contribution in [0.15, 0.2) is 11.6 Å². The molecule has 0 radical (unpaired) electrons. The second-order valence-corrected chi connectivity index (χ2v) is 9.65. The van der Waals surface area contributed by atoms with Crippen LogP contribution in [0.25, 0.3) is 0 Å². The lowest BCUT2D eigenvalue weighted by molar-refractivity contribution is -0.174. The van der Waals surface area contributed by atoms with Crippen molar-refractivity contribution in [1.82, 2.24) is 0 Å². The molecule has 2 N–H and O–H groups in total. The van der Waals surface area contributed by atoms with Crippen LogP contribution >= 0.6 is 0 Å². The van der Waals surface area contributed by atoms with Gasteiger partial charge in [0.2, 0.25) is 0 Å². The van der Waals surface area contributed by atoms with Gasteiger partial charge in [0.25, 0.3) is 5.92 Å². The Hall–Kier alpha value is -0.810.